The number of imidazole rings is 1. The fourth-order valence-corrected chi connectivity index (χ4v) is 2.01. The fraction of sp³-hybridized carbons (Fsp3) is 0.250. The Kier molecular flexibility index (Phi) is 2.38. The van der Waals surface area contributed by atoms with E-state index >= 15 is 0 Å². The molecule has 0 aliphatic heterocycles. The molecule has 9 heteroatoms. The van der Waals surface area contributed by atoms with E-state index in [0.29, 0.717) is 12.0 Å². The van der Waals surface area contributed by atoms with Gasteiger partial charge in [0.15, 0.2) is 5.65 Å². The summed E-state index contributed by atoms with van der Waals surface area (Å²) in [7, 11) is -5.37. The Hall–Kier alpha value is -1.64. The van der Waals surface area contributed by atoms with Gasteiger partial charge in [-0.05, 0) is 13.0 Å². The van der Waals surface area contributed by atoms with Crippen LogP contribution in [0.5, 0.6) is 0 Å². The van der Waals surface area contributed by atoms with Crippen LogP contribution in [0.15, 0.2) is 17.2 Å². The molecular formula is C8H6F3N3O2S. The molecule has 2 rings (SSSR count). The number of aromatic nitrogens is 3. The number of H-pyrrole nitrogens is 1. The van der Waals surface area contributed by atoms with Crippen molar-refractivity contribution in [1.82, 2.24) is 15.0 Å². The lowest BCUT2D eigenvalue weighted by Crippen LogP contribution is -2.23. The van der Waals surface area contributed by atoms with Crippen LogP contribution in [0.2, 0.25) is 0 Å². The lowest BCUT2D eigenvalue weighted by Gasteiger charge is -2.06. The topological polar surface area (TPSA) is 75.7 Å². The first-order valence-electron chi connectivity index (χ1n) is 4.35. The van der Waals surface area contributed by atoms with Gasteiger partial charge in [-0.3, -0.25) is 0 Å². The number of alkyl halides is 3. The Morgan fingerprint density at radius 2 is 2.00 bits per heavy atom. The van der Waals surface area contributed by atoms with E-state index < -0.39 is 20.2 Å². The van der Waals surface area contributed by atoms with Crippen molar-refractivity contribution in [2.24, 2.45) is 0 Å². The van der Waals surface area contributed by atoms with Gasteiger partial charge in [0.2, 0.25) is 0 Å². The minimum atomic E-state index is -5.37. The molecule has 0 bridgehead atoms. The van der Waals surface area contributed by atoms with Gasteiger partial charge < -0.3 is 4.98 Å². The average molecular weight is 265 g/mol. The first-order valence-corrected chi connectivity index (χ1v) is 5.84. The van der Waals surface area contributed by atoms with Crippen LogP contribution < -0.4 is 0 Å². The van der Waals surface area contributed by atoms with Crippen LogP contribution in [-0.2, 0) is 9.84 Å². The molecular weight excluding hydrogens is 259 g/mol. The van der Waals surface area contributed by atoms with E-state index in [1.807, 2.05) is 0 Å². The molecule has 5 nitrogen and oxygen atoms in total. The average Bonchev–Trinajstić information content (AvgIpc) is 2.54. The van der Waals surface area contributed by atoms with Crippen LogP contribution in [-0.4, -0.2) is 28.9 Å². The van der Waals surface area contributed by atoms with Crippen LogP contribution in [0.3, 0.4) is 0 Å². The number of pyridine rings is 1. The van der Waals surface area contributed by atoms with Gasteiger partial charge in [0.25, 0.3) is 9.84 Å². The van der Waals surface area contributed by atoms with Gasteiger partial charge >= 0.3 is 5.51 Å². The lowest BCUT2D eigenvalue weighted by molar-refractivity contribution is -0.0436. The van der Waals surface area contributed by atoms with Crippen molar-refractivity contribution >= 4 is 21.0 Å². The minimum Gasteiger partial charge on any atom is -0.341 e. The number of nitrogens with one attached hydrogen (secondary N) is 1. The normalized spacial score (nSPS) is 13.2. The number of nitrogens with zero attached hydrogens (tertiary/aromatic N) is 2. The Bertz CT molecular complexity index is 675. The Morgan fingerprint density at radius 1 is 1.35 bits per heavy atom. The highest BCUT2D eigenvalue weighted by molar-refractivity contribution is 7.92. The summed E-state index contributed by atoms with van der Waals surface area (Å²) in [4.78, 5) is 9.13. The molecule has 92 valence electrons. The second kappa shape index (κ2) is 3.42. The predicted octanol–water partition coefficient (Wildman–Crippen LogP) is 1.56. The highest BCUT2D eigenvalue weighted by Gasteiger charge is 2.47. The van der Waals surface area contributed by atoms with Crippen molar-refractivity contribution < 1.29 is 21.6 Å². The molecule has 0 unspecified atom stereocenters. The number of fused-ring (bicyclic) bond motifs is 1. The summed E-state index contributed by atoms with van der Waals surface area (Å²) >= 11 is 0. The third-order valence-corrected chi connectivity index (χ3v) is 3.50. The number of aromatic amines is 1. The van der Waals surface area contributed by atoms with E-state index in [4.69, 9.17) is 0 Å². The standard InChI is InChI=1S/C8H6F3N3O2S/c1-4-13-6-2-5(3-12-7(6)14-4)17(15,16)8(9,10)11/h2-3H,1H3,(H,12,13,14). The van der Waals surface area contributed by atoms with E-state index in [1.54, 1.807) is 6.92 Å². The molecule has 0 fully saturated rings. The second-order valence-electron chi connectivity index (χ2n) is 3.31. The van der Waals surface area contributed by atoms with E-state index in [2.05, 4.69) is 15.0 Å². The molecule has 0 radical (unpaired) electrons. The fourth-order valence-electron chi connectivity index (χ4n) is 1.28. The molecule has 0 aliphatic rings. The zero-order chi connectivity index (χ0) is 12.8. The summed E-state index contributed by atoms with van der Waals surface area (Å²) in [5, 5.41) is 0. The third kappa shape index (κ3) is 1.86. The van der Waals surface area contributed by atoms with Crippen LogP contribution in [0.25, 0.3) is 11.2 Å². The SMILES string of the molecule is Cc1nc2ncc(S(=O)(=O)C(F)(F)F)cc2[nH]1. The summed E-state index contributed by atoms with van der Waals surface area (Å²) in [5.74, 6) is 0.439. The maximum absolute atomic E-state index is 12.3. The molecule has 0 spiro atoms. The minimum absolute atomic E-state index is 0.146. The second-order valence-corrected chi connectivity index (χ2v) is 5.25. The number of halogens is 3. The van der Waals surface area contributed by atoms with Crippen molar-refractivity contribution in [2.75, 3.05) is 0 Å². The van der Waals surface area contributed by atoms with Gasteiger partial charge in [0.05, 0.1) is 10.4 Å². The quantitative estimate of drug-likeness (QED) is 0.849. The molecule has 17 heavy (non-hydrogen) atoms. The van der Waals surface area contributed by atoms with Gasteiger partial charge in [-0.15, -0.1) is 0 Å². The van der Waals surface area contributed by atoms with E-state index in [-0.39, 0.29) is 11.2 Å². The number of hydrogen-bond donors (Lipinski definition) is 1. The van der Waals surface area contributed by atoms with Crippen molar-refractivity contribution in [1.29, 1.82) is 0 Å². The van der Waals surface area contributed by atoms with Crippen LogP contribution >= 0.6 is 0 Å². The molecule has 0 saturated heterocycles. The zero-order valence-electron chi connectivity index (χ0n) is 8.41. The highest BCUT2D eigenvalue weighted by atomic mass is 32.2. The summed E-state index contributed by atoms with van der Waals surface area (Å²) < 4.78 is 59.1. The maximum atomic E-state index is 12.3. The predicted molar refractivity (Wildman–Crippen MR) is 51.9 cm³/mol. The van der Waals surface area contributed by atoms with Crippen LogP contribution in [0.1, 0.15) is 5.82 Å². The molecule has 0 saturated carbocycles. The number of rotatable bonds is 1. The van der Waals surface area contributed by atoms with Gasteiger partial charge in [0, 0.05) is 6.20 Å². The number of sulfone groups is 1. The van der Waals surface area contributed by atoms with Gasteiger partial charge in [-0.1, -0.05) is 0 Å². The van der Waals surface area contributed by atoms with E-state index in [0.717, 1.165) is 6.07 Å². The van der Waals surface area contributed by atoms with Crippen LogP contribution in [0, 0.1) is 6.92 Å². The van der Waals surface area contributed by atoms with Gasteiger partial charge in [-0.25, -0.2) is 18.4 Å². The third-order valence-electron chi connectivity index (χ3n) is 2.05. The molecule has 1 N–H and O–H groups in total. The molecule has 0 amide bonds. The lowest BCUT2D eigenvalue weighted by atomic mass is 10.4. The van der Waals surface area contributed by atoms with Gasteiger partial charge in [-0.2, -0.15) is 13.2 Å². The zero-order valence-corrected chi connectivity index (χ0v) is 9.22. The molecule has 0 atom stereocenters. The van der Waals surface area contributed by atoms with Crippen molar-refractivity contribution in [3.8, 4) is 0 Å². The largest absolute Gasteiger partial charge is 0.501 e. The molecule has 2 aromatic rings. The molecule has 0 aliphatic carbocycles. The Balaban J connectivity index is 2.65. The first-order chi connectivity index (χ1) is 7.72. The molecule has 2 heterocycles. The van der Waals surface area contributed by atoms with E-state index in [1.165, 1.54) is 0 Å². The number of aryl methyl sites for hydroxylation is 1. The van der Waals surface area contributed by atoms with E-state index in [9.17, 15) is 21.6 Å². The maximum Gasteiger partial charge on any atom is 0.501 e. The molecule has 0 aromatic carbocycles. The van der Waals surface area contributed by atoms with Crippen LogP contribution in [0.4, 0.5) is 13.2 Å². The number of hydrogen-bond acceptors (Lipinski definition) is 4. The molecule has 2 aromatic heterocycles. The summed E-state index contributed by atoms with van der Waals surface area (Å²) in [6, 6.07) is 0.866. The Labute approximate surface area is 93.6 Å². The smallest absolute Gasteiger partial charge is 0.341 e. The monoisotopic (exact) mass is 265 g/mol. The van der Waals surface area contributed by atoms with Crippen molar-refractivity contribution in [3.05, 3.63) is 18.1 Å². The summed E-state index contributed by atoms with van der Waals surface area (Å²) in [6.07, 6.45) is 0.644. The Morgan fingerprint density at radius 3 is 2.59 bits per heavy atom. The first kappa shape index (κ1) is 11.8. The summed E-state index contributed by atoms with van der Waals surface area (Å²) in [6.45, 7) is 1.58. The van der Waals surface area contributed by atoms with Crippen molar-refractivity contribution in [3.63, 3.8) is 0 Å². The van der Waals surface area contributed by atoms with Gasteiger partial charge in [0.1, 0.15) is 5.82 Å². The van der Waals surface area contributed by atoms with Crippen molar-refractivity contribution in [2.45, 2.75) is 17.3 Å². The highest BCUT2D eigenvalue weighted by Crippen LogP contribution is 2.30. The summed E-state index contributed by atoms with van der Waals surface area (Å²) in [5.41, 5.74) is -5.02.